The fraction of sp³-hybridized carbons (Fsp3) is 0.600. The lowest BCUT2D eigenvalue weighted by atomic mass is 9.81. The summed E-state index contributed by atoms with van der Waals surface area (Å²) in [5.74, 6) is 0.749. The molecule has 0 spiro atoms. The Morgan fingerprint density at radius 2 is 2.33 bits per heavy atom. The van der Waals surface area contributed by atoms with Gasteiger partial charge < -0.3 is 4.74 Å². The number of nitriles is 1. The molecule has 3 heteroatoms. The maximum atomic E-state index is 9.12. The third-order valence-corrected chi connectivity index (χ3v) is 3.64. The quantitative estimate of drug-likeness (QED) is 0.818. The number of nitrogens with zero attached hydrogens (tertiary/aromatic N) is 2. The number of pyridine rings is 1. The predicted octanol–water partition coefficient (Wildman–Crippen LogP) is 2.97. The van der Waals surface area contributed by atoms with Crippen molar-refractivity contribution in [2.75, 3.05) is 6.61 Å². The average molecular weight is 244 g/mol. The van der Waals surface area contributed by atoms with Gasteiger partial charge in [-0.3, -0.25) is 4.98 Å². The molecule has 1 fully saturated rings. The highest BCUT2D eigenvalue weighted by Gasteiger charge is 2.29. The lowest BCUT2D eigenvalue weighted by Gasteiger charge is -2.30. The fourth-order valence-corrected chi connectivity index (χ4v) is 2.52. The standard InChI is InChI=1S/C15H20N2O/c1-12-5-6-13(11-16)15(10-12)18-9-7-14-4-2-3-8-17-14/h2-4,8,12-13,15H,5-7,9-10H2,1H3. The molecule has 1 heterocycles. The van der Waals surface area contributed by atoms with Crippen molar-refractivity contribution in [3.63, 3.8) is 0 Å². The molecule has 18 heavy (non-hydrogen) atoms. The summed E-state index contributed by atoms with van der Waals surface area (Å²) in [7, 11) is 0. The largest absolute Gasteiger partial charge is 0.376 e. The number of ether oxygens (including phenoxy) is 1. The van der Waals surface area contributed by atoms with Crippen LogP contribution in [0.15, 0.2) is 24.4 Å². The molecule has 0 bridgehead atoms. The molecule has 1 aromatic heterocycles. The first-order chi connectivity index (χ1) is 8.79. The maximum Gasteiger partial charge on any atom is 0.0735 e. The van der Waals surface area contributed by atoms with Crippen LogP contribution in [0.25, 0.3) is 0 Å². The molecule has 1 aromatic rings. The van der Waals surface area contributed by atoms with Crippen LogP contribution in [0, 0.1) is 23.2 Å². The lowest BCUT2D eigenvalue weighted by molar-refractivity contribution is -0.00573. The van der Waals surface area contributed by atoms with E-state index in [0.717, 1.165) is 31.4 Å². The van der Waals surface area contributed by atoms with E-state index in [1.165, 1.54) is 0 Å². The second kappa shape index (κ2) is 6.51. The Kier molecular flexibility index (Phi) is 4.72. The number of aromatic nitrogens is 1. The fourth-order valence-electron chi connectivity index (χ4n) is 2.52. The molecule has 1 saturated carbocycles. The lowest BCUT2D eigenvalue weighted by Crippen LogP contribution is -2.30. The molecule has 1 aliphatic carbocycles. The molecule has 1 aliphatic rings. The summed E-state index contributed by atoms with van der Waals surface area (Å²) in [6.07, 6.45) is 5.88. The average Bonchev–Trinajstić information content (AvgIpc) is 2.40. The Balaban J connectivity index is 1.80. The number of rotatable bonds is 4. The molecule has 3 atom stereocenters. The molecular formula is C15H20N2O. The van der Waals surface area contributed by atoms with Gasteiger partial charge in [0.25, 0.3) is 0 Å². The van der Waals surface area contributed by atoms with Crippen molar-refractivity contribution in [3.8, 4) is 6.07 Å². The van der Waals surface area contributed by atoms with Crippen LogP contribution >= 0.6 is 0 Å². The van der Waals surface area contributed by atoms with E-state index in [1.807, 2.05) is 18.2 Å². The molecule has 0 radical (unpaired) electrons. The van der Waals surface area contributed by atoms with E-state index in [2.05, 4.69) is 18.0 Å². The monoisotopic (exact) mass is 244 g/mol. The smallest absolute Gasteiger partial charge is 0.0735 e. The molecule has 0 aliphatic heterocycles. The van der Waals surface area contributed by atoms with Gasteiger partial charge in [0.05, 0.1) is 24.7 Å². The molecule has 0 amide bonds. The zero-order valence-electron chi connectivity index (χ0n) is 10.9. The van der Waals surface area contributed by atoms with E-state index < -0.39 is 0 Å². The van der Waals surface area contributed by atoms with Gasteiger partial charge in [0, 0.05) is 18.3 Å². The molecule has 0 saturated heterocycles. The summed E-state index contributed by atoms with van der Waals surface area (Å²) >= 11 is 0. The van der Waals surface area contributed by atoms with Crippen LogP contribution in [-0.4, -0.2) is 17.7 Å². The Morgan fingerprint density at radius 1 is 1.44 bits per heavy atom. The van der Waals surface area contributed by atoms with Gasteiger partial charge in [-0.2, -0.15) is 5.26 Å². The SMILES string of the molecule is CC1CCC(C#N)C(OCCc2ccccn2)C1. The third kappa shape index (κ3) is 3.54. The Labute approximate surface area is 109 Å². The van der Waals surface area contributed by atoms with Crippen molar-refractivity contribution < 1.29 is 4.74 Å². The summed E-state index contributed by atoms with van der Waals surface area (Å²) < 4.78 is 5.90. The van der Waals surface area contributed by atoms with Crippen LogP contribution < -0.4 is 0 Å². The summed E-state index contributed by atoms with van der Waals surface area (Å²) in [4.78, 5) is 4.27. The van der Waals surface area contributed by atoms with Gasteiger partial charge in [0.2, 0.25) is 0 Å². The van der Waals surface area contributed by atoms with Crippen LogP contribution in [0.3, 0.4) is 0 Å². The highest BCUT2D eigenvalue weighted by atomic mass is 16.5. The van der Waals surface area contributed by atoms with Gasteiger partial charge in [-0.1, -0.05) is 13.0 Å². The summed E-state index contributed by atoms with van der Waals surface area (Å²) in [6, 6.07) is 8.30. The van der Waals surface area contributed by atoms with E-state index in [0.29, 0.717) is 12.5 Å². The number of hydrogen-bond acceptors (Lipinski definition) is 3. The molecule has 2 rings (SSSR count). The van der Waals surface area contributed by atoms with Crippen molar-refractivity contribution >= 4 is 0 Å². The molecule has 0 aromatic carbocycles. The Morgan fingerprint density at radius 3 is 3.06 bits per heavy atom. The van der Waals surface area contributed by atoms with E-state index in [1.54, 1.807) is 6.20 Å². The van der Waals surface area contributed by atoms with E-state index >= 15 is 0 Å². The van der Waals surface area contributed by atoms with E-state index in [4.69, 9.17) is 10.00 Å². The van der Waals surface area contributed by atoms with Crippen molar-refractivity contribution in [3.05, 3.63) is 30.1 Å². The van der Waals surface area contributed by atoms with Gasteiger partial charge in [-0.25, -0.2) is 0 Å². The second-order valence-corrected chi connectivity index (χ2v) is 5.13. The number of hydrogen-bond donors (Lipinski definition) is 0. The Hall–Kier alpha value is -1.40. The van der Waals surface area contributed by atoms with Crippen LogP contribution in [0.2, 0.25) is 0 Å². The second-order valence-electron chi connectivity index (χ2n) is 5.13. The summed E-state index contributed by atoms with van der Waals surface area (Å²) in [5, 5.41) is 9.12. The molecule has 96 valence electrons. The summed E-state index contributed by atoms with van der Waals surface area (Å²) in [6.45, 7) is 2.90. The van der Waals surface area contributed by atoms with Gasteiger partial charge in [0.1, 0.15) is 0 Å². The maximum absolute atomic E-state index is 9.12. The van der Waals surface area contributed by atoms with Gasteiger partial charge in [-0.05, 0) is 37.3 Å². The minimum Gasteiger partial charge on any atom is -0.376 e. The highest BCUT2D eigenvalue weighted by Crippen LogP contribution is 2.30. The van der Waals surface area contributed by atoms with Crippen LogP contribution in [0.4, 0.5) is 0 Å². The first-order valence-electron chi connectivity index (χ1n) is 6.70. The highest BCUT2D eigenvalue weighted by molar-refractivity contribution is 5.03. The van der Waals surface area contributed by atoms with Crippen LogP contribution in [0.1, 0.15) is 31.9 Å². The zero-order chi connectivity index (χ0) is 12.8. The van der Waals surface area contributed by atoms with Crippen LogP contribution in [0.5, 0.6) is 0 Å². The molecular weight excluding hydrogens is 224 g/mol. The van der Waals surface area contributed by atoms with Crippen molar-refractivity contribution in [2.24, 2.45) is 11.8 Å². The molecule has 3 nitrogen and oxygen atoms in total. The van der Waals surface area contributed by atoms with E-state index in [9.17, 15) is 0 Å². The molecule has 3 unspecified atom stereocenters. The van der Waals surface area contributed by atoms with Crippen molar-refractivity contribution in [1.82, 2.24) is 4.98 Å². The first-order valence-corrected chi connectivity index (χ1v) is 6.70. The predicted molar refractivity (Wildman–Crippen MR) is 69.8 cm³/mol. The third-order valence-electron chi connectivity index (χ3n) is 3.64. The Bertz CT molecular complexity index is 399. The van der Waals surface area contributed by atoms with E-state index in [-0.39, 0.29) is 12.0 Å². The minimum absolute atomic E-state index is 0.0740. The van der Waals surface area contributed by atoms with Gasteiger partial charge >= 0.3 is 0 Å². The normalized spacial score (nSPS) is 27.7. The summed E-state index contributed by atoms with van der Waals surface area (Å²) in [5.41, 5.74) is 1.05. The molecule has 0 N–H and O–H groups in total. The minimum atomic E-state index is 0.0740. The van der Waals surface area contributed by atoms with Gasteiger partial charge in [0.15, 0.2) is 0 Å². The zero-order valence-corrected chi connectivity index (χ0v) is 10.9. The topological polar surface area (TPSA) is 45.9 Å². The van der Waals surface area contributed by atoms with Crippen molar-refractivity contribution in [1.29, 1.82) is 5.26 Å². The van der Waals surface area contributed by atoms with Crippen LogP contribution in [-0.2, 0) is 11.2 Å². The van der Waals surface area contributed by atoms with Crippen molar-refractivity contribution in [2.45, 2.75) is 38.7 Å². The van der Waals surface area contributed by atoms with Gasteiger partial charge in [-0.15, -0.1) is 0 Å². The first kappa shape index (κ1) is 13.0.